The molecule has 5 nitrogen and oxygen atoms in total. The highest BCUT2D eigenvalue weighted by Gasteiger charge is 2.53. The second-order valence-corrected chi connectivity index (χ2v) is 7.03. The lowest BCUT2D eigenvalue weighted by atomic mass is 9.82. The first kappa shape index (κ1) is 20.3. The van der Waals surface area contributed by atoms with Gasteiger partial charge < -0.3 is 15.8 Å². The van der Waals surface area contributed by atoms with Gasteiger partial charge in [0.1, 0.15) is 5.75 Å². The summed E-state index contributed by atoms with van der Waals surface area (Å²) in [5.74, 6) is 2.17. The first-order valence-electron chi connectivity index (χ1n) is 8.73. The molecule has 3 heterocycles. The number of hydrogen-bond acceptors (Lipinski definition) is 4. The molecule has 4 rings (SSSR count). The van der Waals surface area contributed by atoms with E-state index in [1.165, 1.54) is 25.9 Å². The molecule has 0 aliphatic carbocycles. The summed E-state index contributed by atoms with van der Waals surface area (Å²) in [6, 6.07) is 8.66. The highest BCUT2D eigenvalue weighted by atomic mass is 35.5. The van der Waals surface area contributed by atoms with Gasteiger partial charge in [0.05, 0.1) is 6.61 Å². The Morgan fingerprint density at radius 2 is 1.72 bits per heavy atom. The average molecular weight is 388 g/mol. The molecular weight excluding hydrogens is 361 g/mol. The van der Waals surface area contributed by atoms with Gasteiger partial charge in [-0.15, -0.1) is 24.8 Å². The first-order valence-corrected chi connectivity index (χ1v) is 8.73. The zero-order valence-corrected chi connectivity index (χ0v) is 15.9. The van der Waals surface area contributed by atoms with E-state index in [9.17, 15) is 4.79 Å². The zero-order valence-electron chi connectivity index (χ0n) is 14.2. The molecule has 3 N–H and O–H groups in total. The van der Waals surface area contributed by atoms with Crippen LogP contribution in [0.15, 0.2) is 24.3 Å². The minimum Gasteiger partial charge on any atom is -0.494 e. The summed E-state index contributed by atoms with van der Waals surface area (Å²) < 4.78 is 5.79. The van der Waals surface area contributed by atoms with Gasteiger partial charge in [-0.3, -0.25) is 9.69 Å². The number of fused-ring (bicyclic) bond motifs is 5. The van der Waals surface area contributed by atoms with E-state index in [-0.39, 0.29) is 24.8 Å². The first-order chi connectivity index (χ1) is 11.2. The largest absolute Gasteiger partial charge is 0.494 e. The molecule has 2 bridgehead atoms. The normalized spacial score (nSPS) is 29.6. The second-order valence-electron chi connectivity index (χ2n) is 7.03. The van der Waals surface area contributed by atoms with Crippen molar-refractivity contribution in [3.8, 4) is 5.75 Å². The fourth-order valence-corrected chi connectivity index (χ4v) is 4.89. The monoisotopic (exact) mass is 387 g/mol. The Morgan fingerprint density at radius 3 is 2.28 bits per heavy atom. The number of carbonyl (C=O) groups is 1. The maximum Gasteiger partial charge on any atom is 0.248 e. The Hall–Kier alpha value is -1.01. The van der Waals surface area contributed by atoms with Crippen LogP contribution in [-0.2, 0) is 0 Å². The molecule has 3 fully saturated rings. The zero-order chi connectivity index (χ0) is 15.8. The number of ether oxygens (including phenoxy) is 1. The standard InChI is InChI=1S/C18H25N3O2.2ClH/c19-18(22)12-2-4-13(5-3-12)23-9-1-8-21-16-6-7-17(21)15-11-20-10-14(15)16;;/h2-5,14-17,20H,1,6-11H2,(H2,19,22);2*1H/t14-,15+,16-,17+;;. The van der Waals surface area contributed by atoms with E-state index in [1.807, 2.05) is 12.1 Å². The lowest BCUT2D eigenvalue weighted by Crippen LogP contribution is -2.35. The molecule has 0 radical (unpaired) electrons. The second kappa shape index (κ2) is 8.58. The third-order valence-electron chi connectivity index (χ3n) is 5.88. The number of amides is 1. The SMILES string of the molecule is Cl.Cl.NC(=O)c1ccc(OCCCN2[C@@H]3CC[C@H]2[C@H]2CNC[C@H]23)cc1. The topological polar surface area (TPSA) is 67.6 Å². The number of primary amides is 1. The third kappa shape index (κ3) is 3.90. The van der Waals surface area contributed by atoms with Crippen molar-refractivity contribution in [3.63, 3.8) is 0 Å². The summed E-state index contributed by atoms with van der Waals surface area (Å²) in [7, 11) is 0. The molecule has 3 aliphatic heterocycles. The molecule has 0 spiro atoms. The quantitative estimate of drug-likeness (QED) is 0.733. The number of halogens is 2. The number of nitrogens with zero attached hydrogens (tertiary/aromatic N) is 1. The fraction of sp³-hybridized carbons (Fsp3) is 0.611. The molecule has 140 valence electrons. The third-order valence-corrected chi connectivity index (χ3v) is 5.88. The molecule has 1 aromatic rings. The van der Waals surface area contributed by atoms with Crippen LogP contribution < -0.4 is 15.8 Å². The minimum absolute atomic E-state index is 0. The van der Waals surface area contributed by atoms with E-state index >= 15 is 0 Å². The number of rotatable bonds is 6. The Balaban J connectivity index is 0.00000113. The van der Waals surface area contributed by atoms with Gasteiger partial charge >= 0.3 is 0 Å². The van der Waals surface area contributed by atoms with Gasteiger partial charge in [-0.05, 0) is 68.5 Å². The van der Waals surface area contributed by atoms with Crippen molar-refractivity contribution >= 4 is 30.7 Å². The maximum atomic E-state index is 11.0. The molecule has 4 atom stereocenters. The van der Waals surface area contributed by atoms with Crippen molar-refractivity contribution < 1.29 is 9.53 Å². The van der Waals surface area contributed by atoms with Crippen molar-refractivity contribution in [3.05, 3.63) is 29.8 Å². The Morgan fingerprint density at radius 1 is 1.12 bits per heavy atom. The molecule has 0 aromatic heterocycles. The predicted octanol–water partition coefficient (Wildman–Crippen LogP) is 2.08. The van der Waals surface area contributed by atoms with Crippen LogP contribution in [0.25, 0.3) is 0 Å². The number of carbonyl (C=O) groups excluding carboxylic acids is 1. The summed E-state index contributed by atoms with van der Waals surface area (Å²) in [4.78, 5) is 13.8. The number of benzene rings is 1. The molecular formula is C18H27Cl2N3O2. The molecule has 0 unspecified atom stereocenters. The average Bonchev–Trinajstić information content (AvgIpc) is 3.24. The van der Waals surface area contributed by atoms with Crippen LogP contribution in [0.3, 0.4) is 0 Å². The van der Waals surface area contributed by atoms with Crippen molar-refractivity contribution in [2.45, 2.75) is 31.3 Å². The lowest BCUT2D eigenvalue weighted by molar-refractivity contribution is 0.100. The van der Waals surface area contributed by atoms with Gasteiger partial charge in [0.25, 0.3) is 0 Å². The number of nitrogens with one attached hydrogen (secondary N) is 1. The molecule has 25 heavy (non-hydrogen) atoms. The predicted molar refractivity (Wildman–Crippen MR) is 103 cm³/mol. The van der Waals surface area contributed by atoms with E-state index in [2.05, 4.69) is 10.2 Å². The highest BCUT2D eigenvalue weighted by molar-refractivity contribution is 5.92. The van der Waals surface area contributed by atoms with Gasteiger partial charge in [-0.25, -0.2) is 0 Å². The summed E-state index contributed by atoms with van der Waals surface area (Å²) in [5, 5.41) is 3.56. The number of nitrogens with two attached hydrogens (primary N) is 1. The Bertz CT molecular complexity index is 566. The number of hydrogen-bond donors (Lipinski definition) is 2. The van der Waals surface area contributed by atoms with Crippen molar-refractivity contribution in [1.29, 1.82) is 0 Å². The van der Waals surface area contributed by atoms with Gasteiger partial charge in [0.2, 0.25) is 5.91 Å². The van der Waals surface area contributed by atoms with E-state index in [0.29, 0.717) is 5.56 Å². The van der Waals surface area contributed by atoms with Crippen LogP contribution in [-0.4, -0.2) is 49.1 Å². The smallest absolute Gasteiger partial charge is 0.248 e. The van der Waals surface area contributed by atoms with Crippen LogP contribution >= 0.6 is 24.8 Å². The summed E-state index contributed by atoms with van der Waals surface area (Å²) in [5.41, 5.74) is 5.76. The van der Waals surface area contributed by atoms with Gasteiger partial charge in [-0.2, -0.15) is 0 Å². The highest BCUT2D eigenvalue weighted by Crippen LogP contribution is 2.47. The van der Waals surface area contributed by atoms with Gasteiger partial charge in [0.15, 0.2) is 0 Å². The van der Waals surface area contributed by atoms with Crippen LogP contribution in [0.1, 0.15) is 29.6 Å². The maximum absolute atomic E-state index is 11.0. The summed E-state index contributed by atoms with van der Waals surface area (Å²) >= 11 is 0. The van der Waals surface area contributed by atoms with Crippen LogP contribution in [0.4, 0.5) is 0 Å². The van der Waals surface area contributed by atoms with E-state index in [1.54, 1.807) is 12.1 Å². The van der Waals surface area contributed by atoms with Crippen molar-refractivity contribution in [2.75, 3.05) is 26.2 Å². The van der Waals surface area contributed by atoms with Gasteiger partial charge in [-0.1, -0.05) is 0 Å². The van der Waals surface area contributed by atoms with E-state index in [4.69, 9.17) is 10.5 Å². The van der Waals surface area contributed by atoms with Crippen molar-refractivity contribution in [2.24, 2.45) is 17.6 Å². The van der Waals surface area contributed by atoms with Crippen LogP contribution in [0.5, 0.6) is 5.75 Å². The fourth-order valence-electron chi connectivity index (χ4n) is 4.89. The van der Waals surface area contributed by atoms with E-state index < -0.39 is 5.91 Å². The molecule has 3 saturated heterocycles. The minimum atomic E-state index is -0.402. The van der Waals surface area contributed by atoms with Crippen molar-refractivity contribution in [1.82, 2.24) is 10.2 Å². The molecule has 0 saturated carbocycles. The Kier molecular flexibility index (Phi) is 6.97. The van der Waals surface area contributed by atoms with E-state index in [0.717, 1.165) is 49.2 Å². The van der Waals surface area contributed by atoms with Gasteiger partial charge in [0, 0.05) is 24.2 Å². The molecule has 1 aromatic carbocycles. The van der Waals surface area contributed by atoms with Crippen LogP contribution in [0, 0.1) is 11.8 Å². The molecule has 7 heteroatoms. The molecule has 3 aliphatic rings. The lowest BCUT2D eigenvalue weighted by Gasteiger charge is -2.24. The Labute approximate surface area is 161 Å². The van der Waals surface area contributed by atoms with Crippen LogP contribution in [0.2, 0.25) is 0 Å². The molecule has 1 amide bonds. The summed E-state index contributed by atoms with van der Waals surface area (Å²) in [6.07, 6.45) is 3.81. The summed E-state index contributed by atoms with van der Waals surface area (Å²) in [6.45, 7) is 4.29.